The van der Waals surface area contributed by atoms with Gasteiger partial charge in [0.25, 0.3) is 0 Å². The van der Waals surface area contributed by atoms with Crippen LogP contribution in [0.4, 0.5) is 4.39 Å². The van der Waals surface area contributed by atoms with Crippen LogP contribution in [-0.2, 0) is 9.59 Å². The summed E-state index contributed by atoms with van der Waals surface area (Å²) in [6, 6.07) is -0.488. The Labute approximate surface area is 75.9 Å². The van der Waals surface area contributed by atoms with Crippen molar-refractivity contribution in [1.82, 2.24) is 4.90 Å². The van der Waals surface area contributed by atoms with Gasteiger partial charge in [-0.2, -0.15) is 0 Å². The van der Waals surface area contributed by atoms with Crippen LogP contribution in [0, 0.1) is 11.8 Å². The van der Waals surface area contributed by atoms with Crippen LogP contribution in [0.25, 0.3) is 0 Å². The molecule has 3 nitrogen and oxygen atoms in total. The van der Waals surface area contributed by atoms with Crippen molar-refractivity contribution in [3.63, 3.8) is 0 Å². The molecule has 2 rings (SSSR count). The van der Waals surface area contributed by atoms with E-state index in [4.69, 9.17) is 0 Å². The Hall–Kier alpha value is -0.930. The maximum absolute atomic E-state index is 13.0. The predicted octanol–water partition coefficient (Wildman–Crippen LogP) is 0.390. The van der Waals surface area contributed by atoms with Crippen molar-refractivity contribution in [2.75, 3.05) is 6.54 Å². The van der Waals surface area contributed by atoms with Gasteiger partial charge in [-0.15, -0.1) is 0 Å². The lowest BCUT2D eigenvalue weighted by Crippen LogP contribution is -2.42. The zero-order chi connectivity index (χ0) is 9.75. The maximum atomic E-state index is 13.0. The fourth-order valence-electron chi connectivity index (χ4n) is 2.35. The number of alkyl halides is 1. The third kappa shape index (κ3) is 1.08. The Morgan fingerprint density at radius 3 is 2.46 bits per heavy atom. The van der Waals surface area contributed by atoms with Crippen molar-refractivity contribution >= 4 is 11.7 Å². The van der Waals surface area contributed by atoms with E-state index >= 15 is 0 Å². The van der Waals surface area contributed by atoms with E-state index in [0.717, 1.165) is 0 Å². The number of halogens is 1. The molecule has 1 unspecified atom stereocenters. The number of Topliss-reactive ketones (excluding diaryl/α,β-unsaturated/α-hetero) is 1. The molecule has 0 aromatic heterocycles. The van der Waals surface area contributed by atoms with Crippen LogP contribution in [0.5, 0.6) is 0 Å². The highest BCUT2D eigenvalue weighted by Gasteiger charge is 2.64. The third-order valence-corrected chi connectivity index (χ3v) is 3.06. The van der Waals surface area contributed by atoms with Gasteiger partial charge in [0, 0.05) is 25.3 Å². The van der Waals surface area contributed by atoms with Crippen molar-refractivity contribution in [2.45, 2.75) is 26.1 Å². The second-order valence-corrected chi connectivity index (χ2v) is 3.91. The molecule has 0 aromatic carbocycles. The number of hydrogen-bond acceptors (Lipinski definition) is 2. The normalized spacial score (nSPS) is 41.6. The molecule has 2 aliphatic rings. The molecule has 72 valence electrons. The van der Waals surface area contributed by atoms with E-state index in [1.807, 2.05) is 0 Å². The summed E-state index contributed by atoms with van der Waals surface area (Å²) in [6.45, 7) is 3.27. The average Bonchev–Trinajstić information content (AvgIpc) is 2.52. The Morgan fingerprint density at radius 2 is 2.00 bits per heavy atom. The van der Waals surface area contributed by atoms with Crippen LogP contribution in [-0.4, -0.2) is 35.3 Å². The van der Waals surface area contributed by atoms with Gasteiger partial charge < -0.3 is 4.90 Å². The van der Waals surface area contributed by atoms with Crippen LogP contribution in [0.2, 0.25) is 0 Å². The summed E-state index contributed by atoms with van der Waals surface area (Å²) in [6.07, 6.45) is -0.857. The van der Waals surface area contributed by atoms with E-state index in [-0.39, 0.29) is 23.5 Å². The monoisotopic (exact) mass is 185 g/mol. The molecule has 0 N–H and O–H groups in total. The van der Waals surface area contributed by atoms with E-state index in [0.29, 0.717) is 6.54 Å². The minimum absolute atomic E-state index is 0.0715. The number of carbonyl (C=O) groups excluding carboxylic acids is 2. The van der Waals surface area contributed by atoms with Gasteiger partial charge in [-0.1, -0.05) is 0 Å². The van der Waals surface area contributed by atoms with Gasteiger partial charge in [-0.25, -0.2) is 4.39 Å². The van der Waals surface area contributed by atoms with Gasteiger partial charge in [-0.3, -0.25) is 9.59 Å². The van der Waals surface area contributed by atoms with E-state index in [1.54, 1.807) is 0 Å². The molecule has 0 spiro atoms. The molecule has 0 radical (unpaired) electrons. The lowest BCUT2D eigenvalue weighted by Gasteiger charge is -2.24. The number of fused-ring (bicyclic) bond motifs is 1. The van der Waals surface area contributed by atoms with Gasteiger partial charge in [0.05, 0.1) is 6.04 Å². The summed E-state index contributed by atoms with van der Waals surface area (Å²) in [5, 5.41) is 0. The fraction of sp³-hybridized carbons (Fsp3) is 0.778. The highest BCUT2D eigenvalue weighted by atomic mass is 19.1. The van der Waals surface area contributed by atoms with E-state index in [9.17, 15) is 14.0 Å². The zero-order valence-electron chi connectivity index (χ0n) is 7.66. The van der Waals surface area contributed by atoms with E-state index < -0.39 is 12.2 Å². The number of piperidine rings is 1. The standard InChI is InChI=1S/C9H12FNO2/c1-4(12)9-7-6(8(7)10)3-11(9)5(2)13/h6-9H,3H2,1-2H3/t6?,7-,8+,9-/m1/s1. The number of rotatable bonds is 1. The number of likely N-dealkylation sites (tertiary alicyclic amines) is 1. The molecule has 1 aliphatic carbocycles. The van der Waals surface area contributed by atoms with Gasteiger partial charge in [-0.05, 0) is 6.92 Å². The largest absolute Gasteiger partial charge is 0.332 e. The minimum Gasteiger partial charge on any atom is -0.332 e. The van der Waals surface area contributed by atoms with Crippen LogP contribution >= 0.6 is 0 Å². The molecule has 1 amide bonds. The van der Waals surface area contributed by atoms with Gasteiger partial charge >= 0.3 is 0 Å². The van der Waals surface area contributed by atoms with Gasteiger partial charge in [0.15, 0.2) is 5.78 Å². The average molecular weight is 185 g/mol. The van der Waals surface area contributed by atoms with Crippen LogP contribution in [0.15, 0.2) is 0 Å². The molecule has 1 heterocycles. The Morgan fingerprint density at radius 1 is 1.38 bits per heavy atom. The van der Waals surface area contributed by atoms with Crippen molar-refractivity contribution < 1.29 is 14.0 Å². The topological polar surface area (TPSA) is 37.4 Å². The highest BCUT2D eigenvalue weighted by molar-refractivity contribution is 5.88. The molecule has 13 heavy (non-hydrogen) atoms. The Bertz CT molecular complexity index is 279. The first-order chi connectivity index (χ1) is 6.04. The number of nitrogens with zero attached hydrogens (tertiary/aromatic N) is 1. The molecule has 4 heteroatoms. The van der Waals surface area contributed by atoms with Crippen LogP contribution < -0.4 is 0 Å². The van der Waals surface area contributed by atoms with Crippen molar-refractivity contribution in [3.05, 3.63) is 0 Å². The van der Waals surface area contributed by atoms with E-state index in [1.165, 1.54) is 18.7 Å². The number of amides is 1. The summed E-state index contributed by atoms with van der Waals surface area (Å²) >= 11 is 0. The smallest absolute Gasteiger partial charge is 0.220 e. The first-order valence-corrected chi connectivity index (χ1v) is 4.45. The van der Waals surface area contributed by atoms with Gasteiger partial charge in [0.1, 0.15) is 6.17 Å². The van der Waals surface area contributed by atoms with Crippen LogP contribution in [0.1, 0.15) is 13.8 Å². The Balaban J connectivity index is 2.18. The van der Waals surface area contributed by atoms with Crippen molar-refractivity contribution in [3.8, 4) is 0 Å². The number of ketones is 1. The molecule has 2 fully saturated rings. The second-order valence-electron chi connectivity index (χ2n) is 3.91. The minimum atomic E-state index is -0.857. The quantitative estimate of drug-likeness (QED) is 0.592. The fourth-order valence-corrected chi connectivity index (χ4v) is 2.35. The van der Waals surface area contributed by atoms with Crippen LogP contribution in [0.3, 0.4) is 0 Å². The second kappa shape index (κ2) is 2.53. The molecule has 4 atom stereocenters. The lowest BCUT2D eigenvalue weighted by molar-refractivity contribution is -0.136. The van der Waals surface area contributed by atoms with Crippen molar-refractivity contribution in [2.24, 2.45) is 11.8 Å². The molecule has 1 aliphatic heterocycles. The van der Waals surface area contributed by atoms with Gasteiger partial charge in [0.2, 0.25) is 5.91 Å². The summed E-state index contributed by atoms with van der Waals surface area (Å²) in [5.74, 6) is -0.498. The van der Waals surface area contributed by atoms with Crippen molar-refractivity contribution in [1.29, 1.82) is 0 Å². The third-order valence-electron chi connectivity index (χ3n) is 3.06. The summed E-state index contributed by atoms with van der Waals surface area (Å²) < 4.78 is 13.0. The predicted molar refractivity (Wildman–Crippen MR) is 43.7 cm³/mol. The maximum Gasteiger partial charge on any atom is 0.220 e. The molecule has 0 aromatic rings. The first kappa shape index (κ1) is 8.66. The lowest BCUT2D eigenvalue weighted by atomic mass is 10.1. The zero-order valence-corrected chi connectivity index (χ0v) is 7.66. The molecule has 1 saturated carbocycles. The molecular weight excluding hydrogens is 173 g/mol. The molecular formula is C9H12FNO2. The highest BCUT2D eigenvalue weighted by Crippen LogP contribution is 2.52. The Kier molecular flexibility index (Phi) is 1.68. The summed E-state index contributed by atoms with van der Waals surface area (Å²) in [4.78, 5) is 23.8. The summed E-state index contributed by atoms with van der Waals surface area (Å²) in [7, 11) is 0. The number of hydrogen-bond donors (Lipinski definition) is 0. The molecule has 0 bridgehead atoms. The molecule has 1 saturated heterocycles. The number of carbonyl (C=O) groups is 2. The summed E-state index contributed by atoms with van der Waals surface area (Å²) in [5.41, 5.74) is 0. The first-order valence-electron chi connectivity index (χ1n) is 4.45. The SMILES string of the molecule is CC(=O)[C@@H]1[C@@H]2C(CN1C(C)=O)[C@@H]2F. The van der Waals surface area contributed by atoms with E-state index in [2.05, 4.69) is 0 Å².